The predicted molar refractivity (Wildman–Crippen MR) is 141 cm³/mol. The zero-order valence-corrected chi connectivity index (χ0v) is 21.4. The van der Waals surface area contributed by atoms with Gasteiger partial charge < -0.3 is 9.47 Å². The number of rotatable bonds is 8. The first kappa shape index (κ1) is 24.6. The van der Waals surface area contributed by atoms with Crippen LogP contribution in [-0.2, 0) is 9.53 Å². The molecule has 0 aliphatic carbocycles. The fraction of sp³-hybridized carbons (Fsp3) is 0.259. The monoisotopic (exact) mass is 535 g/mol. The van der Waals surface area contributed by atoms with Gasteiger partial charge in [0.25, 0.3) is 5.56 Å². The highest BCUT2D eigenvalue weighted by Crippen LogP contribution is 2.27. The van der Waals surface area contributed by atoms with Crippen LogP contribution in [0.15, 0.2) is 69.0 Å². The number of benzene rings is 3. The maximum atomic E-state index is 13.5. The molecule has 0 radical (unpaired) electrons. The smallest absolute Gasteiger partial charge is 0.344 e. The van der Waals surface area contributed by atoms with E-state index in [0.29, 0.717) is 28.0 Å². The highest BCUT2D eigenvalue weighted by Gasteiger charge is 2.16. The third-order valence-electron chi connectivity index (χ3n) is 5.77. The maximum Gasteiger partial charge on any atom is 0.344 e. The third-order valence-corrected chi connectivity index (χ3v) is 6.26. The summed E-state index contributed by atoms with van der Waals surface area (Å²) < 4.78 is 12.9. The van der Waals surface area contributed by atoms with Gasteiger partial charge in [0.2, 0.25) is 0 Å². The van der Waals surface area contributed by atoms with Gasteiger partial charge in [-0.05, 0) is 48.4 Å². The standard InChI is InChI=1S/C27H26BrN3O4/c1-4-17(3)26-30-23-12-11-19(28)14-21(23)27(33)31(26)29-15-22-20-9-7-6-8-18(20)10-13-24(22)35-16-25(32)34-5-2/h6-15,17H,4-5,16H2,1-3H3/t17-/m0/s1. The number of fused-ring (bicyclic) bond motifs is 2. The van der Waals surface area contributed by atoms with Crippen molar-refractivity contribution in [2.75, 3.05) is 13.2 Å². The van der Waals surface area contributed by atoms with Crippen molar-refractivity contribution in [3.05, 3.63) is 80.8 Å². The van der Waals surface area contributed by atoms with Gasteiger partial charge >= 0.3 is 5.97 Å². The second kappa shape index (κ2) is 10.8. The molecule has 0 saturated carbocycles. The molecule has 0 aliphatic rings. The normalized spacial score (nSPS) is 12.3. The van der Waals surface area contributed by atoms with Crippen molar-refractivity contribution >= 4 is 49.8 Å². The molecule has 0 aliphatic heterocycles. The molecule has 0 N–H and O–H groups in total. The summed E-state index contributed by atoms with van der Waals surface area (Å²) in [6.45, 7) is 5.86. The summed E-state index contributed by atoms with van der Waals surface area (Å²) in [6, 6.07) is 16.9. The lowest BCUT2D eigenvalue weighted by Gasteiger charge is -2.15. The molecule has 4 rings (SSSR count). The van der Waals surface area contributed by atoms with Gasteiger partial charge in [0.05, 0.1) is 23.7 Å². The van der Waals surface area contributed by atoms with Crippen LogP contribution >= 0.6 is 15.9 Å². The van der Waals surface area contributed by atoms with Crippen LogP contribution in [0.25, 0.3) is 21.7 Å². The van der Waals surface area contributed by atoms with Gasteiger partial charge in [0.15, 0.2) is 6.61 Å². The van der Waals surface area contributed by atoms with Crippen molar-refractivity contribution in [2.24, 2.45) is 5.10 Å². The summed E-state index contributed by atoms with van der Waals surface area (Å²) in [5, 5.41) is 6.94. The molecular formula is C27H26BrN3O4. The van der Waals surface area contributed by atoms with E-state index in [4.69, 9.17) is 14.5 Å². The molecule has 0 bridgehead atoms. The fourth-order valence-electron chi connectivity index (χ4n) is 3.77. The highest BCUT2D eigenvalue weighted by atomic mass is 79.9. The Morgan fingerprint density at radius 3 is 2.71 bits per heavy atom. The van der Waals surface area contributed by atoms with E-state index in [9.17, 15) is 9.59 Å². The van der Waals surface area contributed by atoms with Crippen LogP contribution in [0.3, 0.4) is 0 Å². The first-order valence-corrected chi connectivity index (χ1v) is 12.3. The van der Waals surface area contributed by atoms with Gasteiger partial charge in [-0.2, -0.15) is 9.78 Å². The molecule has 0 unspecified atom stereocenters. The minimum absolute atomic E-state index is 0.0138. The van der Waals surface area contributed by atoms with Crippen LogP contribution in [0.5, 0.6) is 5.75 Å². The minimum atomic E-state index is -0.455. The van der Waals surface area contributed by atoms with Crippen molar-refractivity contribution < 1.29 is 14.3 Å². The first-order chi connectivity index (χ1) is 16.9. The van der Waals surface area contributed by atoms with E-state index in [-0.39, 0.29) is 24.7 Å². The van der Waals surface area contributed by atoms with Crippen LogP contribution in [-0.4, -0.2) is 35.1 Å². The zero-order valence-electron chi connectivity index (χ0n) is 19.8. The number of hydrogen-bond donors (Lipinski definition) is 0. The summed E-state index contributed by atoms with van der Waals surface area (Å²) in [4.78, 5) is 30.1. The molecule has 0 amide bonds. The van der Waals surface area contributed by atoms with Gasteiger partial charge in [0, 0.05) is 16.0 Å². The Kier molecular flexibility index (Phi) is 7.60. The van der Waals surface area contributed by atoms with Crippen LogP contribution in [0.2, 0.25) is 0 Å². The Balaban J connectivity index is 1.86. The first-order valence-electron chi connectivity index (χ1n) is 11.5. The second-order valence-electron chi connectivity index (χ2n) is 8.09. The van der Waals surface area contributed by atoms with E-state index < -0.39 is 5.97 Å². The molecule has 0 saturated heterocycles. The number of ether oxygens (including phenoxy) is 2. The largest absolute Gasteiger partial charge is 0.481 e. The molecule has 7 nitrogen and oxygen atoms in total. The average Bonchev–Trinajstić information content (AvgIpc) is 2.87. The number of halogens is 1. The lowest BCUT2D eigenvalue weighted by molar-refractivity contribution is -0.145. The number of aromatic nitrogens is 2. The van der Waals surface area contributed by atoms with Gasteiger partial charge in [0.1, 0.15) is 11.6 Å². The molecule has 1 aromatic heterocycles. The second-order valence-corrected chi connectivity index (χ2v) is 9.01. The number of nitrogens with zero attached hydrogens (tertiary/aromatic N) is 3. The molecule has 180 valence electrons. The van der Waals surface area contributed by atoms with Gasteiger partial charge in [-0.15, -0.1) is 0 Å². The van der Waals surface area contributed by atoms with E-state index in [1.54, 1.807) is 25.3 Å². The van der Waals surface area contributed by atoms with Crippen molar-refractivity contribution in [3.8, 4) is 5.75 Å². The quantitative estimate of drug-likeness (QED) is 0.215. The molecule has 1 heterocycles. The van der Waals surface area contributed by atoms with Crippen LogP contribution in [0.1, 0.15) is 44.5 Å². The Morgan fingerprint density at radius 2 is 1.94 bits per heavy atom. The minimum Gasteiger partial charge on any atom is -0.481 e. The highest BCUT2D eigenvalue weighted by molar-refractivity contribution is 9.10. The molecule has 4 aromatic rings. The fourth-order valence-corrected chi connectivity index (χ4v) is 4.13. The maximum absolute atomic E-state index is 13.5. The third kappa shape index (κ3) is 5.27. The van der Waals surface area contributed by atoms with E-state index >= 15 is 0 Å². The molecule has 1 atom stereocenters. The lowest BCUT2D eigenvalue weighted by atomic mass is 10.0. The number of carbonyl (C=O) groups excluding carboxylic acids is 1. The van der Waals surface area contributed by atoms with Crippen molar-refractivity contribution in [2.45, 2.75) is 33.1 Å². The molecular weight excluding hydrogens is 510 g/mol. The van der Waals surface area contributed by atoms with Crippen molar-refractivity contribution in [3.63, 3.8) is 0 Å². The topological polar surface area (TPSA) is 82.8 Å². The van der Waals surface area contributed by atoms with E-state index in [1.807, 2.05) is 56.3 Å². The average molecular weight is 536 g/mol. The van der Waals surface area contributed by atoms with Gasteiger partial charge in [-0.25, -0.2) is 9.78 Å². The summed E-state index contributed by atoms with van der Waals surface area (Å²) in [7, 11) is 0. The Morgan fingerprint density at radius 1 is 1.14 bits per heavy atom. The lowest BCUT2D eigenvalue weighted by Crippen LogP contribution is -2.23. The Bertz CT molecular complexity index is 1480. The van der Waals surface area contributed by atoms with E-state index in [2.05, 4.69) is 21.0 Å². The molecule has 0 spiro atoms. The SMILES string of the molecule is CCOC(=O)COc1ccc2ccccc2c1C=Nn1c([C@@H](C)CC)nc2ccc(Br)cc2c1=O. The van der Waals surface area contributed by atoms with Crippen LogP contribution < -0.4 is 10.3 Å². The van der Waals surface area contributed by atoms with Gasteiger partial charge in [-0.3, -0.25) is 4.79 Å². The Labute approximate surface area is 211 Å². The zero-order chi connectivity index (χ0) is 24.9. The summed E-state index contributed by atoms with van der Waals surface area (Å²) in [5.74, 6) is 0.607. The Hall–Kier alpha value is -3.52. The summed E-state index contributed by atoms with van der Waals surface area (Å²) >= 11 is 3.44. The van der Waals surface area contributed by atoms with Crippen molar-refractivity contribution in [1.82, 2.24) is 9.66 Å². The summed E-state index contributed by atoms with van der Waals surface area (Å²) in [5.41, 5.74) is 1.03. The summed E-state index contributed by atoms with van der Waals surface area (Å²) in [6.07, 6.45) is 2.40. The molecule has 3 aromatic carbocycles. The van der Waals surface area contributed by atoms with E-state index in [0.717, 1.165) is 21.7 Å². The van der Waals surface area contributed by atoms with E-state index in [1.165, 1.54) is 4.68 Å². The molecule has 0 fully saturated rings. The number of carbonyl (C=O) groups is 1. The molecule has 8 heteroatoms. The number of esters is 1. The number of hydrogen-bond acceptors (Lipinski definition) is 6. The molecule has 35 heavy (non-hydrogen) atoms. The predicted octanol–water partition coefficient (Wildman–Crippen LogP) is 5.65. The van der Waals surface area contributed by atoms with Crippen LogP contribution in [0, 0.1) is 0 Å². The van der Waals surface area contributed by atoms with Crippen LogP contribution in [0.4, 0.5) is 0 Å². The van der Waals surface area contributed by atoms with Gasteiger partial charge in [-0.1, -0.05) is 60.1 Å². The van der Waals surface area contributed by atoms with Crippen molar-refractivity contribution in [1.29, 1.82) is 0 Å².